The van der Waals surface area contributed by atoms with Crippen molar-refractivity contribution in [1.29, 1.82) is 0 Å². The van der Waals surface area contributed by atoms with Crippen molar-refractivity contribution in [2.45, 2.75) is 13.8 Å². The molecule has 6 nitrogen and oxygen atoms in total. The molecule has 0 saturated carbocycles. The Labute approximate surface area is 181 Å². The van der Waals surface area contributed by atoms with E-state index in [0.717, 1.165) is 11.1 Å². The lowest BCUT2D eigenvalue weighted by Crippen LogP contribution is -2.25. The second-order valence-corrected chi connectivity index (χ2v) is 7.20. The molecule has 0 heterocycles. The van der Waals surface area contributed by atoms with Crippen LogP contribution in [-0.2, 0) is 4.74 Å². The van der Waals surface area contributed by atoms with Crippen LogP contribution >= 0.6 is 0 Å². The van der Waals surface area contributed by atoms with Gasteiger partial charge in [-0.05, 0) is 61.4 Å². The number of anilines is 2. The number of nitrogens with zero attached hydrogens (tertiary/aromatic N) is 1. The zero-order valence-electron chi connectivity index (χ0n) is 17.9. The normalized spacial score (nSPS) is 10.3. The molecule has 0 aliphatic heterocycles. The van der Waals surface area contributed by atoms with Gasteiger partial charge in [0.15, 0.2) is 5.78 Å². The molecule has 31 heavy (non-hydrogen) atoms. The third kappa shape index (κ3) is 4.80. The van der Waals surface area contributed by atoms with Gasteiger partial charge in [-0.25, -0.2) is 4.79 Å². The van der Waals surface area contributed by atoms with Crippen molar-refractivity contribution in [3.8, 4) is 0 Å². The fraction of sp³-hybridized carbons (Fsp3) is 0.160. The van der Waals surface area contributed by atoms with Crippen LogP contribution in [0.3, 0.4) is 0 Å². The summed E-state index contributed by atoms with van der Waals surface area (Å²) in [5.74, 6) is -0.592. The van der Waals surface area contributed by atoms with E-state index in [9.17, 15) is 14.4 Å². The van der Waals surface area contributed by atoms with Gasteiger partial charge in [0.25, 0.3) is 5.91 Å². The highest BCUT2D eigenvalue weighted by atomic mass is 16.5. The monoisotopic (exact) mass is 416 g/mol. The van der Waals surface area contributed by atoms with Crippen molar-refractivity contribution in [3.63, 3.8) is 0 Å². The van der Waals surface area contributed by atoms with E-state index in [0.29, 0.717) is 28.1 Å². The maximum atomic E-state index is 13.1. The molecule has 0 aromatic heterocycles. The molecular weight excluding hydrogens is 392 g/mol. The predicted octanol–water partition coefficient (Wildman–Crippen LogP) is 4.99. The molecule has 0 aliphatic rings. The van der Waals surface area contributed by atoms with Gasteiger partial charge in [0.2, 0.25) is 0 Å². The van der Waals surface area contributed by atoms with E-state index in [4.69, 9.17) is 4.74 Å². The third-order valence-electron chi connectivity index (χ3n) is 5.15. The first-order chi connectivity index (χ1) is 14.8. The van der Waals surface area contributed by atoms with Crippen LogP contribution in [0.4, 0.5) is 16.2 Å². The van der Waals surface area contributed by atoms with Gasteiger partial charge in [0.05, 0.1) is 12.7 Å². The minimum Gasteiger partial charge on any atom is -0.452 e. The van der Waals surface area contributed by atoms with E-state index in [1.807, 2.05) is 26.0 Å². The van der Waals surface area contributed by atoms with Crippen molar-refractivity contribution in [2.24, 2.45) is 0 Å². The number of ketones is 1. The lowest BCUT2D eigenvalue weighted by atomic mass is 9.95. The van der Waals surface area contributed by atoms with Crippen LogP contribution in [0.5, 0.6) is 0 Å². The average molecular weight is 416 g/mol. The summed E-state index contributed by atoms with van der Waals surface area (Å²) in [6.07, 6.45) is -0.490. The maximum Gasteiger partial charge on any atom is 0.413 e. The quantitative estimate of drug-likeness (QED) is 0.595. The van der Waals surface area contributed by atoms with E-state index in [1.165, 1.54) is 12.0 Å². The lowest BCUT2D eigenvalue weighted by molar-refractivity contribution is 0.0996. The number of methoxy groups -OCH3 is 1. The molecule has 2 amide bonds. The smallest absolute Gasteiger partial charge is 0.413 e. The number of aryl methyl sites for hydroxylation is 2. The number of carbonyl (C=O) groups excluding carboxylic acids is 3. The van der Waals surface area contributed by atoms with Crippen LogP contribution in [0.15, 0.2) is 66.7 Å². The number of rotatable bonds is 5. The molecule has 0 bridgehead atoms. The molecule has 3 aromatic rings. The van der Waals surface area contributed by atoms with Crippen molar-refractivity contribution in [3.05, 3.63) is 94.5 Å². The Bertz CT molecular complexity index is 1140. The first kappa shape index (κ1) is 21.8. The standard InChI is InChI=1S/C25H24N2O4/c1-16-9-10-18(15-17(16)2)23(28)21-7-5-6-8-22(21)24(29)26-19-11-13-20(14-12-19)27(3)25(30)31-4/h5-15H,1-4H3,(H,26,29). The molecule has 0 fully saturated rings. The lowest BCUT2D eigenvalue weighted by Gasteiger charge is -2.16. The Balaban J connectivity index is 1.82. The number of benzene rings is 3. The summed E-state index contributed by atoms with van der Waals surface area (Å²) in [5, 5.41) is 2.81. The number of carbonyl (C=O) groups is 3. The first-order valence-corrected chi connectivity index (χ1v) is 9.76. The van der Waals surface area contributed by atoms with Crippen molar-refractivity contribution in [2.75, 3.05) is 24.4 Å². The fourth-order valence-corrected chi connectivity index (χ4v) is 3.13. The molecule has 0 spiro atoms. The molecule has 3 aromatic carbocycles. The van der Waals surface area contributed by atoms with E-state index in [1.54, 1.807) is 61.6 Å². The molecule has 6 heteroatoms. The SMILES string of the molecule is COC(=O)N(C)c1ccc(NC(=O)c2ccccc2C(=O)c2ccc(C)c(C)c2)cc1. The second-order valence-electron chi connectivity index (χ2n) is 7.20. The highest BCUT2D eigenvalue weighted by Gasteiger charge is 2.19. The summed E-state index contributed by atoms with van der Waals surface area (Å²) < 4.78 is 4.69. The van der Waals surface area contributed by atoms with Crippen LogP contribution in [0, 0.1) is 13.8 Å². The van der Waals surface area contributed by atoms with Crippen LogP contribution in [-0.4, -0.2) is 31.9 Å². The minimum absolute atomic E-state index is 0.205. The van der Waals surface area contributed by atoms with Gasteiger partial charge >= 0.3 is 6.09 Å². The fourth-order valence-electron chi connectivity index (χ4n) is 3.13. The molecular formula is C25H24N2O4. The van der Waals surface area contributed by atoms with Gasteiger partial charge in [-0.15, -0.1) is 0 Å². The minimum atomic E-state index is -0.490. The van der Waals surface area contributed by atoms with Gasteiger partial charge in [-0.3, -0.25) is 14.5 Å². The van der Waals surface area contributed by atoms with Crippen LogP contribution < -0.4 is 10.2 Å². The summed E-state index contributed by atoms with van der Waals surface area (Å²) in [6.45, 7) is 3.94. The highest BCUT2D eigenvalue weighted by Crippen LogP contribution is 2.21. The van der Waals surface area contributed by atoms with Crippen LogP contribution in [0.1, 0.15) is 37.4 Å². The van der Waals surface area contributed by atoms with E-state index < -0.39 is 6.09 Å². The number of ether oxygens (including phenoxy) is 1. The summed E-state index contributed by atoms with van der Waals surface area (Å²) in [7, 11) is 2.90. The van der Waals surface area contributed by atoms with E-state index in [-0.39, 0.29) is 11.7 Å². The molecule has 0 radical (unpaired) electrons. The van der Waals surface area contributed by atoms with Gasteiger partial charge in [-0.1, -0.05) is 30.3 Å². The molecule has 0 saturated heterocycles. The van der Waals surface area contributed by atoms with E-state index in [2.05, 4.69) is 5.32 Å². The van der Waals surface area contributed by atoms with Crippen molar-refractivity contribution < 1.29 is 19.1 Å². The van der Waals surface area contributed by atoms with Crippen molar-refractivity contribution >= 4 is 29.2 Å². The summed E-state index contributed by atoms with van der Waals surface area (Å²) in [5.41, 5.74) is 4.45. The van der Waals surface area contributed by atoms with E-state index >= 15 is 0 Å². The zero-order valence-corrected chi connectivity index (χ0v) is 17.9. The maximum absolute atomic E-state index is 13.1. The van der Waals surface area contributed by atoms with Gasteiger partial charge in [0.1, 0.15) is 0 Å². The highest BCUT2D eigenvalue weighted by molar-refractivity contribution is 6.17. The zero-order chi connectivity index (χ0) is 22.5. The van der Waals surface area contributed by atoms with Crippen LogP contribution in [0.2, 0.25) is 0 Å². The molecule has 1 N–H and O–H groups in total. The van der Waals surface area contributed by atoms with Crippen LogP contribution in [0.25, 0.3) is 0 Å². The van der Waals surface area contributed by atoms with Gasteiger partial charge < -0.3 is 10.1 Å². The summed E-state index contributed by atoms with van der Waals surface area (Å²) in [6, 6.07) is 19.0. The molecule has 0 aliphatic carbocycles. The number of hydrogen-bond donors (Lipinski definition) is 1. The Kier molecular flexibility index (Phi) is 6.50. The molecule has 0 atom stereocenters. The number of nitrogens with one attached hydrogen (secondary N) is 1. The summed E-state index contributed by atoms with van der Waals surface area (Å²) >= 11 is 0. The topological polar surface area (TPSA) is 75.7 Å². The summed E-state index contributed by atoms with van der Waals surface area (Å²) in [4.78, 5) is 39.0. The second kappa shape index (κ2) is 9.26. The number of hydrogen-bond acceptors (Lipinski definition) is 4. The van der Waals surface area contributed by atoms with Gasteiger partial charge in [-0.2, -0.15) is 0 Å². The largest absolute Gasteiger partial charge is 0.452 e. The predicted molar refractivity (Wildman–Crippen MR) is 121 cm³/mol. The van der Waals surface area contributed by atoms with Gasteiger partial charge in [0, 0.05) is 29.5 Å². The molecule has 158 valence electrons. The van der Waals surface area contributed by atoms with Crippen molar-refractivity contribution in [1.82, 2.24) is 0 Å². The first-order valence-electron chi connectivity index (χ1n) is 9.76. The number of amides is 2. The average Bonchev–Trinajstić information content (AvgIpc) is 2.79. The molecule has 3 rings (SSSR count). The Hall–Kier alpha value is -3.93. The Morgan fingerprint density at radius 3 is 2.10 bits per heavy atom. The molecule has 0 unspecified atom stereocenters. The third-order valence-corrected chi connectivity index (χ3v) is 5.15. The Morgan fingerprint density at radius 1 is 0.839 bits per heavy atom. The Morgan fingerprint density at radius 2 is 1.48 bits per heavy atom.